The number of anilines is 2. The number of carbonyl (C=O) groups excluding carboxylic acids is 2. The van der Waals surface area contributed by atoms with Gasteiger partial charge in [-0.2, -0.15) is 9.90 Å². The number of nitrogens with one attached hydrogen (secondary N) is 1. The molecule has 0 spiro atoms. The van der Waals surface area contributed by atoms with Crippen LogP contribution in [0, 0.1) is 0 Å². The molecule has 3 rings (SSSR count). The van der Waals surface area contributed by atoms with Crippen LogP contribution in [0.15, 0.2) is 36.7 Å². The second-order valence-electron chi connectivity index (χ2n) is 4.97. The van der Waals surface area contributed by atoms with Crippen molar-refractivity contribution in [2.24, 2.45) is 0 Å². The van der Waals surface area contributed by atoms with E-state index in [1.165, 1.54) is 15.6 Å². The van der Waals surface area contributed by atoms with E-state index in [4.69, 9.17) is 10.5 Å². The second-order valence-corrected chi connectivity index (χ2v) is 4.97. The number of ether oxygens (including phenoxy) is 1. The van der Waals surface area contributed by atoms with Gasteiger partial charge in [0.25, 0.3) is 5.91 Å². The molecule has 1 aromatic carbocycles. The van der Waals surface area contributed by atoms with E-state index in [0.29, 0.717) is 5.69 Å². The number of hydrogen-bond acceptors (Lipinski definition) is 6. The van der Waals surface area contributed by atoms with Gasteiger partial charge in [0.05, 0.1) is 18.3 Å². The number of carbonyl (C=O) groups is 2. The second kappa shape index (κ2) is 6.41. The van der Waals surface area contributed by atoms with Gasteiger partial charge in [-0.3, -0.25) is 14.7 Å². The molecular weight excluding hydrogens is 312 g/mol. The van der Waals surface area contributed by atoms with Crippen LogP contribution in [0.5, 0.6) is 0 Å². The van der Waals surface area contributed by atoms with E-state index < -0.39 is 6.09 Å². The highest BCUT2D eigenvalue weighted by Gasteiger charge is 2.13. The molecule has 24 heavy (non-hydrogen) atoms. The van der Waals surface area contributed by atoms with Crippen LogP contribution in [-0.4, -0.2) is 38.2 Å². The summed E-state index contributed by atoms with van der Waals surface area (Å²) in [6.45, 7) is 1.87. The van der Waals surface area contributed by atoms with Gasteiger partial charge in [0.15, 0.2) is 5.82 Å². The molecule has 1 amide bonds. The molecule has 0 aliphatic carbocycles. The van der Waals surface area contributed by atoms with Crippen LogP contribution in [0.1, 0.15) is 11.7 Å². The van der Waals surface area contributed by atoms with E-state index in [1.807, 2.05) is 6.07 Å². The fourth-order valence-corrected chi connectivity index (χ4v) is 2.31. The number of rotatable bonds is 4. The van der Waals surface area contributed by atoms with Crippen molar-refractivity contribution < 1.29 is 14.3 Å². The summed E-state index contributed by atoms with van der Waals surface area (Å²) in [5, 5.41) is 11.2. The molecule has 0 radical (unpaired) electrons. The maximum atomic E-state index is 12.4. The van der Waals surface area contributed by atoms with E-state index in [0.717, 1.165) is 10.9 Å². The Labute approximate surface area is 137 Å². The fraction of sp³-hybridized carbons (Fsp3) is 0.200. The Bertz CT molecular complexity index is 898. The zero-order chi connectivity index (χ0) is 17.1. The van der Waals surface area contributed by atoms with Crippen molar-refractivity contribution in [1.82, 2.24) is 19.6 Å². The third kappa shape index (κ3) is 3.05. The molecule has 2 heterocycles. The SMILES string of the molecule is CCOC(=O)Nc1cnn(CC(=O)n2ccc3c(N)cccc32)n1. The molecule has 0 fully saturated rings. The van der Waals surface area contributed by atoms with Crippen molar-refractivity contribution >= 4 is 34.4 Å². The highest BCUT2D eigenvalue weighted by Crippen LogP contribution is 2.21. The maximum Gasteiger partial charge on any atom is 0.412 e. The zero-order valence-corrected chi connectivity index (χ0v) is 13.0. The summed E-state index contributed by atoms with van der Waals surface area (Å²) in [6, 6.07) is 7.16. The van der Waals surface area contributed by atoms with Gasteiger partial charge in [-0.15, -0.1) is 5.10 Å². The molecule has 0 saturated carbocycles. The molecule has 0 aliphatic heterocycles. The largest absolute Gasteiger partial charge is 0.450 e. The van der Waals surface area contributed by atoms with Gasteiger partial charge in [0.2, 0.25) is 0 Å². The summed E-state index contributed by atoms with van der Waals surface area (Å²) >= 11 is 0. The highest BCUT2D eigenvalue weighted by atomic mass is 16.5. The maximum absolute atomic E-state index is 12.4. The van der Waals surface area contributed by atoms with Crippen molar-refractivity contribution in [2.45, 2.75) is 13.5 Å². The molecule has 0 unspecified atom stereocenters. The van der Waals surface area contributed by atoms with Crippen LogP contribution < -0.4 is 11.1 Å². The molecular formula is C15H16N6O3. The Morgan fingerprint density at radius 1 is 1.33 bits per heavy atom. The Morgan fingerprint density at radius 3 is 2.96 bits per heavy atom. The lowest BCUT2D eigenvalue weighted by Crippen LogP contribution is -2.19. The molecule has 0 bridgehead atoms. The van der Waals surface area contributed by atoms with Crippen LogP contribution in [0.3, 0.4) is 0 Å². The van der Waals surface area contributed by atoms with Crippen LogP contribution >= 0.6 is 0 Å². The smallest absolute Gasteiger partial charge is 0.412 e. The van der Waals surface area contributed by atoms with Crippen molar-refractivity contribution in [2.75, 3.05) is 17.7 Å². The van der Waals surface area contributed by atoms with Gasteiger partial charge in [-0.05, 0) is 25.1 Å². The van der Waals surface area contributed by atoms with Gasteiger partial charge in [-0.25, -0.2) is 4.79 Å². The summed E-state index contributed by atoms with van der Waals surface area (Å²) < 4.78 is 6.24. The van der Waals surface area contributed by atoms with Crippen molar-refractivity contribution in [1.29, 1.82) is 0 Å². The number of nitrogen functional groups attached to an aromatic ring is 1. The fourth-order valence-electron chi connectivity index (χ4n) is 2.31. The van der Waals surface area contributed by atoms with E-state index in [9.17, 15) is 9.59 Å². The van der Waals surface area contributed by atoms with Gasteiger partial charge >= 0.3 is 6.09 Å². The third-order valence-electron chi connectivity index (χ3n) is 3.35. The van der Waals surface area contributed by atoms with Crippen LogP contribution in [0.2, 0.25) is 0 Å². The van der Waals surface area contributed by atoms with Crippen LogP contribution in [-0.2, 0) is 11.3 Å². The predicted octanol–water partition coefficient (Wildman–Crippen LogP) is 1.72. The number of aromatic nitrogens is 4. The minimum atomic E-state index is -0.622. The van der Waals surface area contributed by atoms with Gasteiger partial charge in [0.1, 0.15) is 6.54 Å². The van der Waals surface area contributed by atoms with Gasteiger partial charge in [-0.1, -0.05) is 6.07 Å². The lowest BCUT2D eigenvalue weighted by atomic mass is 10.2. The van der Waals surface area contributed by atoms with Gasteiger partial charge in [0, 0.05) is 17.3 Å². The molecule has 3 N–H and O–H groups in total. The minimum absolute atomic E-state index is 0.0803. The first-order chi connectivity index (χ1) is 11.6. The standard InChI is InChI=1S/C15H16N6O3/c1-2-24-15(23)18-13-8-17-21(19-13)9-14(22)20-7-6-10-11(16)4-3-5-12(10)20/h3-8H,2,9,16H2,1H3,(H,18,19,23). The molecule has 124 valence electrons. The normalized spacial score (nSPS) is 10.7. The van der Waals surface area contributed by atoms with E-state index in [-0.39, 0.29) is 24.9 Å². The van der Waals surface area contributed by atoms with E-state index in [2.05, 4.69) is 15.5 Å². The number of nitrogens with zero attached hydrogens (tertiary/aromatic N) is 4. The van der Waals surface area contributed by atoms with Crippen LogP contribution in [0.25, 0.3) is 10.9 Å². The molecule has 3 aromatic rings. The topological polar surface area (TPSA) is 117 Å². The number of fused-ring (bicyclic) bond motifs is 1. The summed E-state index contributed by atoms with van der Waals surface area (Å²) in [7, 11) is 0. The first kappa shape index (κ1) is 15.5. The molecule has 2 aromatic heterocycles. The molecule has 9 heteroatoms. The van der Waals surface area contributed by atoms with Crippen molar-refractivity contribution in [3.8, 4) is 0 Å². The van der Waals surface area contributed by atoms with E-state index >= 15 is 0 Å². The summed E-state index contributed by atoms with van der Waals surface area (Å²) in [5.41, 5.74) is 7.22. The van der Waals surface area contributed by atoms with Crippen LogP contribution in [0.4, 0.5) is 16.3 Å². The number of benzene rings is 1. The molecule has 0 saturated heterocycles. The zero-order valence-electron chi connectivity index (χ0n) is 13.0. The quantitative estimate of drug-likeness (QED) is 0.704. The molecule has 0 atom stereocenters. The molecule has 0 aliphatic rings. The van der Waals surface area contributed by atoms with Gasteiger partial charge < -0.3 is 10.5 Å². The monoisotopic (exact) mass is 328 g/mol. The number of nitrogens with two attached hydrogens (primary N) is 1. The Kier molecular flexibility index (Phi) is 4.15. The summed E-state index contributed by atoms with van der Waals surface area (Å²) in [6.07, 6.45) is 2.38. The van der Waals surface area contributed by atoms with Crippen molar-refractivity contribution in [3.63, 3.8) is 0 Å². The average Bonchev–Trinajstić information content (AvgIpc) is 3.15. The first-order valence-corrected chi connectivity index (χ1v) is 7.31. The minimum Gasteiger partial charge on any atom is -0.450 e. The highest BCUT2D eigenvalue weighted by molar-refractivity contribution is 5.97. The predicted molar refractivity (Wildman–Crippen MR) is 87.6 cm³/mol. The summed E-state index contributed by atoms with van der Waals surface area (Å²) in [4.78, 5) is 25.0. The lowest BCUT2D eigenvalue weighted by molar-refractivity contribution is 0.0886. The average molecular weight is 328 g/mol. The first-order valence-electron chi connectivity index (χ1n) is 7.31. The van der Waals surface area contributed by atoms with E-state index in [1.54, 1.807) is 31.3 Å². The number of hydrogen-bond donors (Lipinski definition) is 2. The summed E-state index contributed by atoms with van der Waals surface area (Å²) in [5.74, 6) is -0.0169. The lowest BCUT2D eigenvalue weighted by Gasteiger charge is -2.04. The Hall–Kier alpha value is -3.36. The van der Waals surface area contributed by atoms with Crippen molar-refractivity contribution in [3.05, 3.63) is 36.7 Å². The Morgan fingerprint density at radius 2 is 2.17 bits per heavy atom. The molecule has 9 nitrogen and oxygen atoms in total. The number of amides is 1. The third-order valence-corrected chi connectivity index (χ3v) is 3.35. The Balaban J connectivity index is 1.74.